The van der Waals surface area contributed by atoms with E-state index in [0.29, 0.717) is 6.42 Å². The van der Waals surface area contributed by atoms with Crippen LogP contribution in [0.4, 0.5) is 0 Å². The molecule has 1 unspecified atom stereocenters. The number of hydrogen-bond donors (Lipinski definition) is 1. The van der Waals surface area contributed by atoms with Gasteiger partial charge in [0.2, 0.25) is 5.79 Å². The maximum Gasteiger partial charge on any atom is 0.206 e. The number of rotatable bonds is 0. The first kappa shape index (κ1) is 9.53. The molecular weight excluding hydrogens is 176 g/mol. The van der Waals surface area contributed by atoms with Gasteiger partial charge in [-0.3, -0.25) is 0 Å². The summed E-state index contributed by atoms with van der Waals surface area (Å²) in [5, 5.41) is 9.93. The van der Waals surface area contributed by atoms with Crippen molar-refractivity contribution in [1.29, 1.82) is 0 Å². The van der Waals surface area contributed by atoms with Crippen LogP contribution >= 0.6 is 0 Å². The van der Waals surface area contributed by atoms with Gasteiger partial charge in [0.1, 0.15) is 5.75 Å². The molecule has 0 saturated heterocycles. The molecule has 2 nitrogen and oxygen atoms in total. The predicted molar refractivity (Wildman–Crippen MR) is 55.3 cm³/mol. The Kier molecular flexibility index (Phi) is 1.86. The highest BCUT2D eigenvalue weighted by molar-refractivity contribution is 5.41. The third-order valence-corrected chi connectivity index (χ3v) is 2.72. The normalized spacial score (nSPS) is 29.1. The predicted octanol–water partition coefficient (Wildman–Crippen LogP) is 2.46. The first-order valence-electron chi connectivity index (χ1n) is 4.92. The molecule has 0 fully saturated rings. The molecule has 1 aliphatic rings. The molecule has 0 aliphatic carbocycles. The van der Waals surface area contributed by atoms with Crippen molar-refractivity contribution in [1.82, 2.24) is 0 Å². The number of ether oxygens (including phenoxy) is 1. The smallest absolute Gasteiger partial charge is 0.206 e. The van der Waals surface area contributed by atoms with E-state index in [1.807, 2.05) is 18.2 Å². The van der Waals surface area contributed by atoms with Crippen LogP contribution in [0.2, 0.25) is 0 Å². The Morgan fingerprint density at radius 2 is 1.86 bits per heavy atom. The molecule has 0 radical (unpaired) electrons. The molecule has 76 valence electrons. The standard InChI is InChI=1S/C12H16O2/c1-11(2)8-12(3,13)14-10-7-5-4-6-9(10)11/h4-7,13H,8H2,1-3H3. The highest BCUT2D eigenvalue weighted by Gasteiger charge is 2.40. The molecule has 1 aromatic rings. The molecule has 0 saturated carbocycles. The zero-order chi connectivity index (χ0) is 10.4. The van der Waals surface area contributed by atoms with E-state index in [1.54, 1.807) is 6.92 Å². The van der Waals surface area contributed by atoms with Crippen LogP contribution in [-0.4, -0.2) is 10.9 Å². The molecule has 1 aliphatic heterocycles. The topological polar surface area (TPSA) is 29.5 Å². The van der Waals surface area contributed by atoms with Crippen molar-refractivity contribution in [3.05, 3.63) is 29.8 Å². The molecule has 1 atom stereocenters. The van der Waals surface area contributed by atoms with E-state index < -0.39 is 5.79 Å². The Hall–Kier alpha value is -1.02. The maximum atomic E-state index is 9.93. The van der Waals surface area contributed by atoms with Crippen molar-refractivity contribution in [3.63, 3.8) is 0 Å². The van der Waals surface area contributed by atoms with Crippen molar-refractivity contribution < 1.29 is 9.84 Å². The number of para-hydroxylation sites is 1. The van der Waals surface area contributed by atoms with Crippen molar-refractivity contribution >= 4 is 0 Å². The Morgan fingerprint density at radius 3 is 2.57 bits per heavy atom. The summed E-state index contributed by atoms with van der Waals surface area (Å²) in [5.41, 5.74) is 1.14. The molecule has 2 rings (SSSR count). The molecule has 0 amide bonds. The van der Waals surface area contributed by atoms with Crippen LogP contribution in [0, 0.1) is 0 Å². The van der Waals surface area contributed by atoms with Gasteiger partial charge in [-0.25, -0.2) is 0 Å². The van der Waals surface area contributed by atoms with Gasteiger partial charge in [0.05, 0.1) is 0 Å². The molecule has 1 aromatic carbocycles. The largest absolute Gasteiger partial charge is 0.463 e. The quantitative estimate of drug-likeness (QED) is 0.684. The SMILES string of the molecule is CC1(O)CC(C)(C)c2ccccc2O1. The van der Waals surface area contributed by atoms with Gasteiger partial charge >= 0.3 is 0 Å². The van der Waals surface area contributed by atoms with Crippen molar-refractivity contribution in [3.8, 4) is 5.75 Å². The minimum Gasteiger partial charge on any atom is -0.463 e. The fourth-order valence-electron chi connectivity index (χ4n) is 2.30. The van der Waals surface area contributed by atoms with Gasteiger partial charge in [0.15, 0.2) is 0 Å². The molecule has 1 heterocycles. The van der Waals surface area contributed by atoms with E-state index in [2.05, 4.69) is 19.9 Å². The minimum atomic E-state index is -1.04. The lowest BCUT2D eigenvalue weighted by Gasteiger charge is -2.40. The van der Waals surface area contributed by atoms with Gasteiger partial charge in [-0.2, -0.15) is 0 Å². The highest BCUT2D eigenvalue weighted by Crippen LogP contribution is 2.43. The summed E-state index contributed by atoms with van der Waals surface area (Å²) in [6, 6.07) is 7.90. The third-order valence-electron chi connectivity index (χ3n) is 2.72. The summed E-state index contributed by atoms with van der Waals surface area (Å²) in [5.74, 6) is -0.244. The molecule has 1 N–H and O–H groups in total. The van der Waals surface area contributed by atoms with Crippen LogP contribution in [0.3, 0.4) is 0 Å². The molecule has 2 heteroatoms. The minimum absolute atomic E-state index is 0.0294. The summed E-state index contributed by atoms with van der Waals surface area (Å²) >= 11 is 0. The number of benzene rings is 1. The van der Waals surface area contributed by atoms with E-state index in [0.717, 1.165) is 5.75 Å². The molecule has 0 spiro atoms. The van der Waals surface area contributed by atoms with Crippen LogP contribution in [-0.2, 0) is 5.41 Å². The zero-order valence-electron chi connectivity index (χ0n) is 8.87. The van der Waals surface area contributed by atoms with Crippen LogP contribution in [0.15, 0.2) is 24.3 Å². The van der Waals surface area contributed by atoms with Crippen LogP contribution in [0.5, 0.6) is 5.75 Å². The van der Waals surface area contributed by atoms with E-state index in [9.17, 15) is 5.11 Å². The van der Waals surface area contributed by atoms with E-state index in [4.69, 9.17) is 4.74 Å². The Balaban J connectivity index is 2.52. The lowest BCUT2D eigenvalue weighted by Crippen LogP contribution is -2.43. The summed E-state index contributed by atoms with van der Waals surface area (Å²) in [6.45, 7) is 5.97. The fraction of sp³-hybridized carbons (Fsp3) is 0.500. The van der Waals surface area contributed by atoms with Crippen LogP contribution in [0.1, 0.15) is 32.8 Å². The number of hydrogen-bond acceptors (Lipinski definition) is 2. The fourth-order valence-corrected chi connectivity index (χ4v) is 2.30. The van der Waals surface area contributed by atoms with Crippen molar-refractivity contribution in [2.45, 2.75) is 38.4 Å². The van der Waals surface area contributed by atoms with Gasteiger partial charge in [-0.05, 0) is 11.5 Å². The molecular formula is C12H16O2. The second kappa shape index (κ2) is 2.74. The van der Waals surface area contributed by atoms with Crippen molar-refractivity contribution in [2.75, 3.05) is 0 Å². The lowest BCUT2D eigenvalue weighted by molar-refractivity contribution is -0.148. The molecule has 14 heavy (non-hydrogen) atoms. The van der Waals surface area contributed by atoms with E-state index >= 15 is 0 Å². The Labute approximate surface area is 84.5 Å². The average molecular weight is 192 g/mol. The van der Waals surface area contributed by atoms with E-state index in [-0.39, 0.29) is 5.41 Å². The average Bonchev–Trinajstić information content (AvgIpc) is 2.00. The summed E-state index contributed by atoms with van der Waals surface area (Å²) < 4.78 is 5.51. The Morgan fingerprint density at radius 1 is 1.21 bits per heavy atom. The summed E-state index contributed by atoms with van der Waals surface area (Å²) in [6.07, 6.45) is 0.622. The van der Waals surface area contributed by atoms with Gasteiger partial charge in [0, 0.05) is 18.9 Å². The van der Waals surface area contributed by atoms with Gasteiger partial charge in [0.25, 0.3) is 0 Å². The third kappa shape index (κ3) is 1.50. The summed E-state index contributed by atoms with van der Waals surface area (Å²) in [4.78, 5) is 0. The number of fused-ring (bicyclic) bond motifs is 1. The maximum absolute atomic E-state index is 9.93. The highest BCUT2D eigenvalue weighted by atomic mass is 16.6. The monoisotopic (exact) mass is 192 g/mol. The van der Waals surface area contributed by atoms with Crippen LogP contribution < -0.4 is 4.74 Å². The number of aliphatic hydroxyl groups is 1. The van der Waals surface area contributed by atoms with Gasteiger partial charge in [-0.15, -0.1) is 0 Å². The molecule has 0 bridgehead atoms. The van der Waals surface area contributed by atoms with Gasteiger partial charge < -0.3 is 9.84 Å². The zero-order valence-corrected chi connectivity index (χ0v) is 8.87. The van der Waals surface area contributed by atoms with E-state index in [1.165, 1.54) is 5.56 Å². The van der Waals surface area contributed by atoms with Crippen molar-refractivity contribution in [2.24, 2.45) is 0 Å². The second-order valence-electron chi connectivity index (χ2n) is 4.83. The summed E-state index contributed by atoms with van der Waals surface area (Å²) in [7, 11) is 0. The first-order valence-corrected chi connectivity index (χ1v) is 4.92. The van der Waals surface area contributed by atoms with Gasteiger partial charge in [-0.1, -0.05) is 32.0 Å². The molecule has 0 aromatic heterocycles. The second-order valence-corrected chi connectivity index (χ2v) is 4.83. The lowest BCUT2D eigenvalue weighted by atomic mass is 9.76. The van der Waals surface area contributed by atoms with Crippen LogP contribution in [0.25, 0.3) is 0 Å². The first-order chi connectivity index (χ1) is 6.41. The Bertz CT molecular complexity index is 353.